The van der Waals surface area contributed by atoms with Gasteiger partial charge < -0.3 is 18.9 Å². The van der Waals surface area contributed by atoms with Crippen molar-refractivity contribution in [1.29, 1.82) is 0 Å². The summed E-state index contributed by atoms with van der Waals surface area (Å²) < 4.78 is 24.0. The number of guanidine groups is 2. The minimum atomic E-state index is -1.44. The van der Waals surface area contributed by atoms with Gasteiger partial charge in [0.05, 0.1) is 28.1 Å². The van der Waals surface area contributed by atoms with Gasteiger partial charge in [0, 0.05) is 34.7 Å². The van der Waals surface area contributed by atoms with Crippen LogP contribution in [0.1, 0.15) is 53.3 Å². The summed E-state index contributed by atoms with van der Waals surface area (Å²) in [4.78, 5) is 39.6. The van der Waals surface area contributed by atoms with Crippen LogP contribution in [0.5, 0.6) is 23.0 Å². The molecular weight excluding hydrogens is 676 g/mol. The van der Waals surface area contributed by atoms with E-state index in [2.05, 4.69) is 10.6 Å². The molecule has 0 amide bonds. The lowest BCUT2D eigenvalue weighted by molar-refractivity contribution is -0.116. The number of carbonyl (C=O) groups is 3. The van der Waals surface area contributed by atoms with Gasteiger partial charge in [-0.3, -0.25) is 22.3 Å². The Morgan fingerprint density at radius 1 is 0.686 bits per heavy atom. The van der Waals surface area contributed by atoms with E-state index in [0.29, 0.717) is 33.6 Å². The molecule has 51 heavy (non-hydrogen) atoms. The minimum absolute atomic E-state index is 0.00969. The summed E-state index contributed by atoms with van der Waals surface area (Å²) in [5, 5.41) is 16.5. The number of benzene rings is 5. The van der Waals surface area contributed by atoms with Gasteiger partial charge in [0.25, 0.3) is 0 Å². The molecule has 0 radical (unpaired) electrons. The quantitative estimate of drug-likeness (QED) is 0.0476. The van der Waals surface area contributed by atoms with Crippen molar-refractivity contribution in [2.24, 2.45) is 11.5 Å². The molecule has 5 aromatic rings. The number of anilines is 2. The number of nitrogens with one attached hydrogen (secondary N) is 2. The molecule has 2 aliphatic heterocycles. The third kappa shape index (κ3) is 6.13. The number of ether oxygens (including phenoxy) is 4. The standard InChI is InChI=1S/C37H27ClN6O7/c38-18-19-1-12-27-26(15-19)34(47)51-37(27)28-13-10-24(48-32(45)20-2-6-22(7-3-20)43-35(39)40)16-30(28)50-31-17-25(11-14-29(31)37)49-33(46)21-4-8-23(9-5-21)44-36(41)42/h1-17H,18H2,(H4,39,40,43)(H4,41,42,44)/p+2. The van der Waals surface area contributed by atoms with Crippen molar-refractivity contribution in [2.45, 2.75) is 11.5 Å². The van der Waals surface area contributed by atoms with Crippen molar-refractivity contribution in [3.05, 3.63) is 142 Å². The van der Waals surface area contributed by atoms with Gasteiger partial charge in [-0.1, -0.05) is 12.1 Å². The number of hydrogen-bond acceptors (Lipinski definition) is 7. The zero-order chi connectivity index (χ0) is 35.9. The predicted octanol–water partition coefficient (Wildman–Crippen LogP) is 2.40. The lowest BCUT2D eigenvalue weighted by atomic mass is 9.77. The van der Waals surface area contributed by atoms with E-state index in [0.717, 1.165) is 5.56 Å². The fraction of sp³-hybridized carbons (Fsp3) is 0.0541. The molecule has 0 saturated heterocycles. The largest absolute Gasteiger partial charge is 0.456 e. The second-order valence-electron chi connectivity index (χ2n) is 11.6. The average molecular weight is 705 g/mol. The first-order valence-electron chi connectivity index (χ1n) is 15.4. The van der Waals surface area contributed by atoms with Crippen molar-refractivity contribution in [2.75, 3.05) is 10.6 Å². The number of carbonyl (C=O) groups excluding carboxylic acids is 3. The summed E-state index contributed by atoms with van der Waals surface area (Å²) >= 11 is 6.09. The van der Waals surface area contributed by atoms with Crippen molar-refractivity contribution in [3.63, 3.8) is 0 Å². The molecule has 0 fully saturated rings. The fourth-order valence-electron chi connectivity index (χ4n) is 5.99. The lowest BCUT2D eigenvalue weighted by Crippen LogP contribution is -2.50. The third-order valence-electron chi connectivity index (χ3n) is 8.21. The van der Waals surface area contributed by atoms with E-state index >= 15 is 0 Å². The van der Waals surface area contributed by atoms with Crippen molar-refractivity contribution in [1.82, 2.24) is 0 Å². The molecule has 13 nitrogen and oxygen atoms in total. The van der Waals surface area contributed by atoms with Crippen LogP contribution in [0.4, 0.5) is 11.4 Å². The minimum Gasteiger partial charge on any atom is -0.456 e. The highest BCUT2D eigenvalue weighted by Crippen LogP contribution is 2.57. The molecule has 0 atom stereocenters. The fourth-order valence-corrected chi connectivity index (χ4v) is 6.16. The first-order chi connectivity index (χ1) is 24.5. The Morgan fingerprint density at radius 2 is 1.16 bits per heavy atom. The van der Waals surface area contributed by atoms with Crippen LogP contribution >= 0.6 is 11.6 Å². The van der Waals surface area contributed by atoms with E-state index in [1.165, 1.54) is 12.1 Å². The van der Waals surface area contributed by atoms with Crippen LogP contribution in [0.3, 0.4) is 0 Å². The van der Waals surface area contributed by atoms with E-state index in [1.807, 2.05) is 6.07 Å². The summed E-state index contributed by atoms with van der Waals surface area (Å²) in [5.41, 5.74) is 13.9. The second kappa shape index (κ2) is 12.9. The number of alkyl halides is 1. The Labute approximate surface area is 295 Å². The van der Waals surface area contributed by atoms with Crippen LogP contribution in [0.15, 0.2) is 103 Å². The number of halogens is 1. The molecule has 2 aliphatic rings. The molecule has 0 bridgehead atoms. The van der Waals surface area contributed by atoms with Gasteiger partial charge in [-0.25, -0.2) is 25.0 Å². The molecule has 2 heterocycles. The van der Waals surface area contributed by atoms with Gasteiger partial charge in [0.2, 0.25) is 0 Å². The smallest absolute Gasteiger partial charge is 0.343 e. The Bertz CT molecular complexity index is 2150. The van der Waals surface area contributed by atoms with E-state index < -0.39 is 23.5 Å². The molecule has 0 aliphatic carbocycles. The molecule has 0 unspecified atom stereocenters. The maximum absolute atomic E-state index is 13.4. The monoisotopic (exact) mass is 704 g/mol. The highest BCUT2D eigenvalue weighted by atomic mass is 35.5. The first-order valence-corrected chi connectivity index (χ1v) is 15.9. The van der Waals surface area contributed by atoms with Crippen LogP contribution in [-0.4, -0.2) is 29.8 Å². The number of fused-ring (bicyclic) bond motifs is 6. The molecule has 14 heteroatoms. The van der Waals surface area contributed by atoms with Crippen molar-refractivity contribution in [3.8, 4) is 23.0 Å². The predicted molar refractivity (Wildman–Crippen MR) is 187 cm³/mol. The highest BCUT2D eigenvalue weighted by molar-refractivity contribution is 6.17. The van der Waals surface area contributed by atoms with Gasteiger partial charge in [0.15, 0.2) is 5.60 Å². The maximum atomic E-state index is 13.4. The Balaban J connectivity index is 1.24. The lowest BCUT2D eigenvalue weighted by Gasteiger charge is -2.36. The normalized spacial score (nSPS) is 13.1. The third-order valence-corrected chi connectivity index (χ3v) is 8.52. The Hall–Kier alpha value is -6.86. The summed E-state index contributed by atoms with van der Waals surface area (Å²) in [6.07, 6.45) is 0. The molecule has 0 saturated carbocycles. The molecule has 1 spiro atoms. The summed E-state index contributed by atoms with van der Waals surface area (Å²) in [7, 11) is 0. The zero-order valence-corrected chi connectivity index (χ0v) is 27.3. The molecule has 10 N–H and O–H groups in total. The van der Waals surface area contributed by atoms with Gasteiger partial charge >= 0.3 is 29.8 Å². The van der Waals surface area contributed by atoms with Gasteiger partial charge in [0.1, 0.15) is 23.0 Å². The summed E-state index contributed by atoms with van der Waals surface area (Å²) in [6.45, 7) is 0. The van der Waals surface area contributed by atoms with Crippen LogP contribution in [-0.2, 0) is 16.2 Å². The van der Waals surface area contributed by atoms with E-state index in [4.69, 9.17) is 52.8 Å². The van der Waals surface area contributed by atoms with Crippen molar-refractivity contribution >= 4 is 52.8 Å². The van der Waals surface area contributed by atoms with E-state index in [9.17, 15) is 14.4 Å². The molecular formula is C37H29ClN6O7+2. The SMILES string of the molecule is NC(=[NH2+])Nc1ccc(C(=O)Oc2ccc3c(c2)Oc2cc(OC(=O)c4ccc(NC(N)=[NH2+])cc4)ccc2C32OC(=O)c3cc(CCl)ccc32)cc1. The Kier molecular flexibility index (Phi) is 8.25. The Morgan fingerprint density at radius 3 is 1.61 bits per heavy atom. The maximum Gasteiger partial charge on any atom is 0.343 e. The number of esters is 3. The van der Waals surface area contributed by atoms with Gasteiger partial charge in [-0.05, 0) is 84.4 Å². The van der Waals surface area contributed by atoms with Gasteiger partial charge in [-0.2, -0.15) is 0 Å². The van der Waals surface area contributed by atoms with Crippen LogP contribution in [0.25, 0.3) is 0 Å². The molecule has 7 rings (SSSR count). The van der Waals surface area contributed by atoms with E-state index in [1.54, 1.807) is 84.9 Å². The summed E-state index contributed by atoms with van der Waals surface area (Å²) in [5.74, 6) is -0.795. The van der Waals surface area contributed by atoms with Gasteiger partial charge in [-0.15, -0.1) is 11.6 Å². The topological polar surface area (TPSA) is 215 Å². The number of rotatable bonds is 7. The van der Waals surface area contributed by atoms with E-state index in [-0.39, 0.29) is 51.9 Å². The summed E-state index contributed by atoms with van der Waals surface area (Å²) in [6, 6.07) is 27.6. The molecule has 5 aromatic carbocycles. The van der Waals surface area contributed by atoms with Crippen LogP contribution < -0.4 is 47.1 Å². The van der Waals surface area contributed by atoms with Crippen molar-refractivity contribution < 1.29 is 44.1 Å². The molecule has 0 aromatic heterocycles. The first kappa shape index (κ1) is 32.7. The number of nitrogens with two attached hydrogens (primary N) is 4. The second-order valence-corrected chi connectivity index (χ2v) is 11.9. The molecule has 254 valence electrons. The zero-order valence-electron chi connectivity index (χ0n) is 26.6. The average Bonchev–Trinajstić information content (AvgIpc) is 3.39. The number of hydrogen-bond donors (Lipinski definition) is 6. The van der Waals surface area contributed by atoms with Crippen LogP contribution in [0, 0.1) is 0 Å². The highest BCUT2D eigenvalue weighted by Gasteiger charge is 2.53. The van der Waals surface area contributed by atoms with Crippen LogP contribution in [0.2, 0.25) is 0 Å².